The Bertz CT molecular complexity index is 341. The number of primary amides is 1. The van der Waals surface area contributed by atoms with Crippen LogP contribution >= 0.6 is 0 Å². The minimum absolute atomic E-state index is 0.0532. The van der Waals surface area contributed by atoms with Gasteiger partial charge >= 0.3 is 6.03 Å². The van der Waals surface area contributed by atoms with Crippen molar-refractivity contribution in [2.24, 2.45) is 5.73 Å². The molecule has 5 nitrogen and oxygen atoms in total. The maximum atomic E-state index is 11.2. The van der Waals surface area contributed by atoms with Crippen molar-refractivity contribution in [2.45, 2.75) is 25.3 Å². The standard InChI is InChI=1S/C10H14N4O/c11-10(15)14-4-2-1-3-9(14)8-5-12-7-13-6-8/h5-7,9H,1-4H2,(H2,11,15). The maximum Gasteiger partial charge on any atom is 0.315 e. The number of carbonyl (C=O) groups is 1. The molecule has 5 heteroatoms. The lowest BCUT2D eigenvalue weighted by Crippen LogP contribution is -2.41. The fourth-order valence-electron chi connectivity index (χ4n) is 2.02. The molecule has 0 bridgehead atoms. The molecule has 0 radical (unpaired) electrons. The van der Waals surface area contributed by atoms with Crippen molar-refractivity contribution in [3.8, 4) is 0 Å². The molecule has 1 atom stereocenters. The van der Waals surface area contributed by atoms with Gasteiger partial charge in [-0.15, -0.1) is 0 Å². The number of urea groups is 1. The number of likely N-dealkylation sites (tertiary alicyclic amines) is 1. The summed E-state index contributed by atoms with van der Waals surface area (Å²) in [6, 6.07) is -0.305. The summed E-state index contributed by atoms with van der Waals surface area (Å²) in [4.78, 5) is 20.9. The third-order valence-electron chi connectivity index (χ3n) is 2.75. The minimum atomic E-state index is -0.358. The van der Waals surface area contributed by atoms with Crippen LogP contribution in [-0.2, 0) is 0 Å². The molecule has 80 valence electrons. The molecule has 1 fully saturated rings. The molecule has 1 saturated heterocycles. The highest BCUT2D eigenvalue weighted by atomic mass is 16.2. The molecule has 2 rings (SSSR count). The third-order valence-corrected chi connectivity index (χ3v) is 2.75. The van der Waals surface area contributed by atoms with E-state index in [9.17, 15) is 4.79 Å². The first kappa shape index (κ1) is 9.89. The van der Waals surface area contributed by atoms with Gasteiger partial charge in [-0.3, -0.25) is 0 Å². The zero-order valence-electron chi connectivity index (χ0n) is 8.47. The average Bonchev–Trinajstić information content (AvgIpc) is 2.30. The lowest BCUT2D eigenvalue weighted by Gasteiger charge is -2.34. The summed E-state index contributed by atoms with van der Waals surface area (Å²) in [5, 5.41) is 0. The molecule has 1 aromatic heterocycles. The first-order valence-corrected chi connectivity index (χ1v) is 5.10. The van der Waals surface area contributed by atoms with Gasteiger partial charge in [0, 0.05) is 24.5 Å². The molecule has 1 aliphatic rings. The summed E-state index contributed by atoms with van der Waals surface area (Å²) in [7, 11) is 0. The van der Waals surface area contributed by atoms with Gasteiger partial charge in [0.2, 0.25) is 0 Å². The summed E-state index contributed by atoms with van der Waals surface area (Å²) in [6.45, 7) is 0.731. The van der Waals surface area contributed by atoms with Crippen LogP contribution in [0.3, 0.4) is 0 Å². The molecule has 2 N–H and O–H groups in total. The smallest absolute Gasteiger partial charge is 0.315 e. The number of hydrogen-bond acceptors (Lipinski definition) is 3. The topological polar surface area (TPSA) is 72.1 Å². The molecule has 2 amide bonds. The van der Waals surface area contributed by atoms with E-state index < -0.39 is 0 Å². The SMILES string of the molecule is NC(=O)N1CCCCC1c1cncnc1. The van der Waals surface area contributed by atoms with Gasteiger partial charge in [-0.2, -0.15) is 0 Å². The Morgan fingerprint density at radius 3 is 2.80 bits per heavy atom. The molecule has 2 heterocycles. The number of hydrogen-bond donors (Lipinski definition) is 1. The highest BCUT2D eigenvalue weighted by Crippen LogP contribution is 2.29. The lowest BCUT2D eigenvalue weighted by molar-refractivity contribution is 0.159. The van der Waals surface area contributed by atoms with Gasteiger partial charge in [0.05, 0.1) is 6.04 Å². The van der Waals surface area contributed by atoms with Crippen LogP contribution in [0.1, 0.15) is 30.9 Å². The molecular weight excluding hydrogens is 192 g/mol. The minimum Gasteiger partial charge on any atom is -0.351 e. The van der Waals surface area contributed by atoms with E-state index in [1.165, 1.54) is 6.33 Å². The molecule has 0 aliphatic carbocycles. The quantitative estimate of drug-likeness (QED) is 0.747. The van der Waals surface area contributed by atoms with Crippen LogP contribution in [0.15, 0.2) is 18.7 Å². The summed E-state index contributed by atoms with van der Waals surface area (Å²) in [6.07, 6.45) is 8.06. The van der Waals surface area contributed by atoms with Crippen LogP contribution in [-0.4, -0.2) is 27.4 Å². The maximum absolute atomic E-state index is 11.2. The summed E-state index contributed by atoms with van der Waals surface area (Å²) < 4.78 is 0. The van der Waals surface area contributed by atoms with E-state index in [1.54, 1.807) is 17.3 Å². The van der Waals surface area contributed by atoms with E-state index >= 15 is 0 Å². The Morgan fingerprint density at radius 1 is 1.40 bits per heavy atom. The van der Waals surface area contributed by atoms with Gasteiger partial charge in [0.1, 0.15) is 6.33 Å². The molecule has 0 saturated carbocycles. The van der Waals surface area contributed by atoms with Crippen molar-refractivity contribution in [1.82, 2.24) is 14.9 Å². The van der Waals surface area contributed by atoms with Crippen LogP contribution in [0.25, 0.3) is 0 Å². The summed E-state index contributed by atoms with van der Waals surface area (Å²) in [5.41, 5.74) is 6.31. The van der Waals surface area contributed by atoms with Crippen molar-refractivity contribution in [2.75, 3.05) is 6.54 Å². The van der Waals surface area contributed by atoms with E-state index in [-0.39, 0.29) is 12.1 Å². The predicted molar refractivity (Wildman–Crippen MR) is 54.9 cm³/mol. The Kier molecular flexibility index (Phi) is 2.80. The Morgan fingerprint density at radius 2 is 2.13 bits per heavy atom. The van der Waals surface area contributed by atoms with Crippen LogP contribution in [0, 0.1) is 0 Å². The highest BCUT2D eigenvalue weighted by Gasteiger charge is 2.26. The molecular formula is C10H14N4O. The van der Waals surface area contributed by atoms with E-state index in [1.807, 2.05) is 0 Å². The van der Waals surface area contributed by atoms with Gasteiger partial charge in [-0.1, -0.05) is 0 Å². The largest absolute Gasteiger partial charge is 0.351 e. The zero-order valence-corrected chi connectivity index (χ0v) is 8.47. The zero-order chi connectivity index (χ0) is 10.7. The van der Waals surface area contributed by atoms with Crippen molar-refractivity contribution in [1.29, 1.82) is 0 Å². The van der Waals surface area contributed by atoms with E-state index in [0.717, 1.165) is 31.4 Å². The normalized spacial score (nSPS) is 21.3. The second kappa shape index (κ2) is 4.25. The van der Waals surface area contributed by atoms with E-state index in [4.69, 9.17) is 5.73 Å². The summed E-state index contributed by atoms with van der Waals surface area (Å²) >= 11 is 0. The molecule has 0 aromatic carbocycles. The first-order valence-electron chi connectivity index (χ1n) is 5.10. The Balaban J connectivity index is 2.22. The second-order valence-electron chi connectivity index (χ2n) is 3.72. The number of rotatable bonds is 1. The van der Waals surface area contributed by atoms with Gasteiger partial charge in [-0.25, -0.2) is 14.8 Å². The van der Waals surface area contributed by atoms with Crippen molar-refractivity contribution >= 4 is 6.03 Å². The number of amides is 2. The molecule has 0 spiro atoms. The van der Waals surface area contributed by atoms with Crippen LogP contribution in [0.4, 0.5) is 4.79 Å². The number of aromatic nitrogens is 2. The highest BCUT2D eigenvalue weighted by molar-refractivity contribution is 5.72. The fourth-order valence-corrected chi connectivity index (χ4v) is 2.02. The van der Waals surface area contributed by atoms with Crippen molar-refractivity contribution in [3.63, 3.8) is 0 Å². The predicted octanol–water partition coefficient (Wildman–Crippen LogP) is 1.08. The van der Waals surface area contributed by atoms with Gasteiger partial charge < -0.3 is 10.6 Å². The van der Waals surface area contributed by atoms with Gasteiger partial charge in [-0.05, 0) is 19.3 Å². The molecule has 1 unspecified atom stereocenters. The Hall–Kier alpha value is -1.65. The molecule has 15 heavy (non-hydrogen) atoms. The monoisotopic (exact) mass is 206 g/mol. The number of nitrogens with two attached hydrogens (primary N) is 1. The first-order chi connectivity index (χ1) is 7.29. The van der Waals surface area contributed by atoms with Crippen LogP contribution in [0.5, 0.6) is 0 Å². The molecule has 1 aromatic rings. The van der Waals surface area contributed by atoms with Gasteiger partial charge in [0.25, 0.3) is 0 Å². The van der Waals surface area contributed by atoms with Crippen molar-refractivity contribution in [3.05, 3.63) is 24.3 Å². The molecule has 1 aliphatic heterocycles. The fraction of sp³-hybridized carbons (Fsp3) is 0.500. The lowest BCUT2D eigenvalue weighted by atomic mass is 9.98. The average molecular weight is 206 g/mol. The van der Waals surface area contributed by atoms with E-state index in [2.05, 4.69) is 9.97 Å². The second-order valence-corrected chi connectivity index (χ2v) is 3.72. The number of carbonyl (C=O) groups excluding carboxylic acids is 1. The van der Waals surface area contributed by atoms with Crippen molar-refractivity contribution < 1.29 is 4.79 Å². The van der Waals surface area contributed by atoms with Crippen LogP contribution < -0.4 is 5.73 Å². The number of piperidine rings is 1. The van der Waals surface area contributed by atoms with Gasteiger partial charge in [0.15, 0.2) is 0 Å². The Labute approximate surface area is 88.3 Å². The summed E-state index contributed by atoms with van der Waals surface area (Å²) in [5.74, 6) is 0. The number of nitrogens with zero attached hydrogens (tertiary/aromatic N) is 3. The third kappa shape index (κ3) is 2.06. The van der Waals surface area contributed by atoms with E-state index in [0.29, 0.717) is 0 Å². The van der Waals surface area contributed by atoms with Crippen LogP contribution in [0.2, 0.25) is 0 Å².